The fourth-order valence-corrected chi connectivity index (χ4v) is 7.81. The third-order valence-electron chi connectivity index (χ3n) is 10.2. The van der Waals surface area contributed by atoms with Gasteiger partial charge in [0.1, 0.15) is 17.4 Å². The second kappa shape index (κ2) is 13.0. The van der Waals surface area contributed by atoms with E-state index in [1.807, 2.05) is 0 Å². The van der Waals surface area contributed by atoms with Crippen LogP contribution in [0.4, 0.5) is 39.5 Å². The number of hydrogen-bond donors (Lipinski definition) is 0. The molecule has 0 aromatic heterocycles. The molecule has 2 aromatic rings. The van der Waals surface area contributed by atoms with Gasteiger partial charge in [-0.3, -0.25) is 0 Å². The number of rotatable bonds is 7. The molecule has 0 unspecified atom stereocenters. The number of halogens is 9. The van der Waals surface area contributed by atoms with Crippen LogP contribution in [0.15, 0.2) is 24.3 Å². The number of alkyl halides is 5. The van der Waals surface area contributed by atoms with Crippen molar-refractivity contribution in [3.8, 4) is 22.6 Å². The maximum Gasteiger partial charge on any atom is 0.573 e. The summed E-state index contributed by atoms with van der Waals surface area (Å²) in [6.45, 7) is 2.32. The molecule has 3 fully saturated rings. The fraction of sp³-hybridized carbons (Fsp3) is 0.636. The molecule has 3 aliphatic carbocycles. The zero-order chi connectivity index (χ0) is 31.8. The summed E-state index contributed by atoms with van der Waals surface area (Å²) < 4.78 is 133. The minimum Gasteiger partial charge on any atom is -0.432 e. The molecule has 0 spiro atoms. The Morgan fingerprint density at radius 2 is 0.955 bits per heavy atom. The number of benzene rings is 2. The normalized spacial score (nSPS) is 28.5. The molecule has 5 rings (SSSR count). The predicted octanol–water partition coefficient (Wildman–Crippen LogP) is 11.2. The molecule has 0 bridgehead atoms. The fourth-order valence-electron chi connectivity index (χ4n) is 7.81. The minimum absolute atomic E-state index is 0.214. The van der Waals surface area contributed by atoms with Gasteiger partial charge in [0.05, 0.1) is 11.5 Å². The van der Waals surface area contributed by atoms with E-state index >= 15 is 8.78 Å². The first-order valence-electron chi connectivity index (χ1n) is 15.5. The van der Waals surface area contributed by atoms with Crippen LogP contribution in [0.5, 0.6) is 11.5 Å². The van der Waals surface area contributed by atoms with Gasteiger partial charge in [0.15, 0.2) is 11.6 Å². The molecule has 3 aliphatic rings. The van der Waals surface area contributed by atoms with Gasteiger partial charge >= 0.3 is 12.5 Å². The highest BCUT2D eigenvalue weighted by molar-refractivity contribution is 5.67. The zero-order valence-corrected chi connectivity index (χ0v) is 24.5. The van der Waals surface area contributed by atoms with E-state index in [9.17, 15) is 30.7 Å². The Morgan fingerprint density at radius 3 is 1.39 bits per heavy atom. The van der Waals surface area contributed by atoms with E-state index in [2.05, 4.69) is 11.7 Å². The molecule has 0 saturated heterocycles. The molecule has 0 aliphatic heterocycles. The molecule has 0 radical (unpaired) electrons. The molecule has 244 valence electrons. The van der Waals surface area contributed by atoms with E-state index in [1.165, 1.54) is 38.5 Å². The summed E-state index contributed by atoms with van der Waals surface area (Å²) in [6.07, 6.45) is 2.52. The van der Waals surface area contributed by atoms with Crippen LogP contribution in [0, 0.1) is 58.8 Å². The van der Waals surface area contributed by atoms with Gasteiger partial charge in [-0.25, -0.2) is 17.6 Å². The lowest BCUT2D eigenvalue weighted by Crippen LogP contribution is -2.38. The summed E-state index contributed by atoms with van der Waals surface area (Å²) in [6, 6.07) is 1.42. The van der Waals surface area contributed by atoms with Crippen LogP contribution in [-0.4, -0.2) is 12.5 Å². The molecular formula is C33H37F9O2. The maximum atomic E-state index is 15.1. The lowest BCUT2D eigenvalue weighted by Gasteiger charge is -2.41. The second-order valence-corrected chi connectivity index (χ2v) is 13.0. The highest BCUT2D eigenvalue weighted by Gasteiger charge is 2.45. The molecule has 11 heteroatoms. The molecule has 44 heavy (non-hydrogen) atoms. The van der Waals surface area contributed by atoms with Crippen molar-refractivity contribution >= 4 is 0 Å². The van der Waals surface area contributed by atoms with Gasteiger partial charge in [-0.15, -0.1) is 13.2 Å². The van der Waals surface area contributed by atoms with Crippen molar-refractivity contribution in [1.82, 2.24) is 0 Å². The largest absolute Gasteiger partial charge is 0.573 e. The molecule has 0 heterocycles. The first-order valence-corrected chi connectivity index (χ1v) is 15.5. The van der Waals surface area contributed by atoms with Crippen molar-refractivity contribution in [1.29, 1.82) is 0 Å². The molecule has 0 amide bonds. The smallest absolute Gasteiger partial charge is 0.432 e. The minimum atomic E-state index is -5.41. The third-order valence-corrected chi connectivity index (χ3v) is 10.2. The average Bonchev–Trinajstić information content (AvgIpc) is 2.94. The van der Waals surface area contributed by atoms with Crippen LogP contribution in [0.25, 0.3) is 11.1 Å². The lowest BCUT2D eigenvalue weighted by molar-refractivity contribution is -0.276. The molecule has 0 N–H and O–H groups in total. The summed E-state index contributed by atoms with van der Waals surface area (Å²) in [5, 5.41) is 0. The van der Waals surface area contributed by atoms with Crippen LogP contribution in [0.1, 0.15) is 84.0 Å². The molecule has 3 saturated carbocycles. The summed E-state index contributed by atoms with van der Waals surface area (Å²) in [7, 11) is 0. The number of hydrogen-bond acceptors (Lipinski definition) is 2. The topological polar surface area (TPSA) is 18.5 Å². The van der Waals surface area contributed by atoms with Crippen molar-refractivity contribution in [3.63, 3.8) is 0 Å². The van der Waals surface area contributed by atoms with Crippen molar-refractivity contribution in [2.24, 2.45) is 35.5 Å². The molecule has 0 atom stereocenters. The van der Waals surface area contributed by atoms with Crippen LogP contribution < -0.4 is 9.47 Å². The van der Waals surface area contributed by atoms with Crippen LogP contribution >= 0.6 is 0 Å². The van der Waals surface area contributed by atoms with E-state index in [1.54, 1.807) is 0 Å². The number of ether oxygens (including phenoxy) is 2. The van der Waals surface area contributed by atoms with Gasteiger partial charge < -0.3 is 9.47 Å². The first-order chi connectivity index (χ1) is 20.7. The van der Waals surface area contributed by atoms with Gasteiger partial charge in [-0.05, 0) is 111 Å². The van der Waals surface area contributed by atoms with Gasteiger partial charge in [0, 0.05) is 12.1 Å². The van der Waals surface area contributed by atoms with Crippen LogP contribution in [0.3, 0.4) is 0 Å². The van der Waals surface area contributed by atoms with Crippen molar-refractivity contribution < 1.29 is 49.0 Å². The van der Waals surface area contributed by atoms with Gasteiger partial charge in [0.25, 0.3) is 0 Å². The molecule has 2 aromatic carbocycles. The van der Waals surface area contributed by atoms with Crippen LogP contribution in [-0.2, 0) is 0 Å². The Labute approximate surface area is 251 Å². The average molecular weight is 637 g/mol. The Morgan fingerprint density at radius 1 is 0.545 bits per heavy atom. The predicted molar refractivity (Wildman–Crippen MR) is 146 cm³/mol. The molecule has 2 nitrogen and oxygen atoms in total. The summed E-state index contributed by atoms with van der Waals surface area (Å²) >= 11 is 0. The third kappa shape index (κ3) is 7.61. The van der Waals surface area contributed by atoms with Gasteiger partial charge in [-0.1, -0.05) is 19.8 Å². The first kappa shape index (κ1) is 32.8. The molecular weight excluding hydrogens is 599 g/mol. The quantitative estimate of drug-likeness (QED) is 0.282. The summed E-state index contributed by atoms with van der Waals surface area (Å²) in [5.41, 5.74) is -1.81. The maximum absolute atomic E-state index is 15.1. The second-order valence-electron chi connectivity index (χ2n) is 13.0. The van der Waals surface area contributed by atoms with Crippen molar-refractivity contribution in [2.75, 3.05) is 0 Å². The van der Waals surface area contributed by atoms with E-state index in [0.29, 0.717) is 36.8 Å². The van der Waals surface area contributed by atoms with E-state index in [-0.39, 0.29) is 25.0 Å². The lowest BCUT2D eigenvalue weighted by atomic mass is 9.65. The highest BCUT2D eigenvalue weighted by Crippen LogP contribution is 2.48. The summed E-state index contributed by atoms with van der Waals surface area (Å²) in [5.74, 6) is -7.11. The van der Waals surface area contributed by atoms with Gasteiger partial charge in [0.2, 0.25) is 5.75 Å². The Kier molecular flexibility index (Phi) is 9.71. The van der Waals surface area contributed by atoms with Crippen molar-refractivity contribution in [2.45, 2.75) is 96.4 Å². The Bertz CT molecular complexity index is 1240. The monoisotopic (exact) mass is 636 g/mol. The summed E-state index contributed by atoms with van der Waals surface area (Å²) in [4.78, 5) is 0. The highest BCUT2D eigenvalue weighted by atomic mass is 19.4. The SMILES string of the molecule is CC1CCC(C2CCC(C3CCC(C(F)(F)Oc4cc(F)c(-c5cc(F)c(OC(F)(F)F)c(F)c5)c(F)c4)CC3)CC2)CC1. The van der Waals surface area contributed by atoms with Crippen LogP contribution in [0.2, 0.25) is 0 Å². The zero-order valence-electron chi connectivity index (χ0n) is 24.5. The van der Waals surface area contributed by atoms with Gasteiger partial charge in [-0.2, -0.15) is 8.78 Å². The van der Waals surface area contributed by atoms with Crippen molar-refractivity contribution in [3.05, 3.63) is 47.5 Å². The van der Waals surface area contributed by atoms with E-state index in [0.717, 1.165) is 30.6 Å². The van der Waals surface area contributed by atoms with E-state index < -0.39 is 64.3 Å². The standard InChI is InChI=1S/C33H37F9O2/c1-18-2-4-19(5-3-18)20-6-8-21(9-7-20)22-10-12-24(13-11-22)32(38,39)43-25-16-26(34)30(27(35)17-25)23-14-28(36)31(29(37)15-23)44-33(40,41)42/h14-22,24H,2-13H2,1H3. The Hall–Kier alpha value is -2.59. The van der Waals surface area contributed by atoms with E-state index in [4.69, 9.17) is 4.74 Å². The Balaban J connectivity index is 1.17.